The van der Waals surface area contributed by atoms with Gasteiger partial charge in [-0.05, 0) is 69.3 Å². The molecule has 0 heterocycles. The van der Waals surface area contributed by atoms with E-state index in [0.717, 1.165) is 25.1 Å². The number of hydrogen-bond acceptors (Lipinski definition) is 3. The Hall–Kier alpha value is -1.53. The van der Waals surface area contributed by atoms with Gasteiger partial charge in [0.1, 0.15) is 5.75 Å². The third-order valence-electron chi connectivity index (χ3n) is 4.18. The molecule has 1 N–H and O–H groups in total. The number of benzene rings is 1. The Morgan fingerprint density at radius 1 is 1.43 bits per heavy atom. The van der Waals surface area contributed by atoms with Crippen molar-refractivity contribution in [3.8, 4) is 11.8 Å². The Balaban J connectivity index is 1.99. The molecule has 0 aromatic heterocycles. The molecule has 0 saturated heterocycles. The van der Waals surface area contributed by atoms with E-state index in [1.54, 1.807) is 0 Å². The molecule has 21 heavy (non-hydrogen) atoms. The molecule has 1 aliphatic carbocycles. The molecule has 1 atom stereocenters. The van der Waals surface area contributed by atoms with Crippen LogP contribution in [-0.4, -0.2) is 13.2 Å². The summed E-state index contributed by atoms with van der Waals surface area (Å²) in [5.74, 6) is 0.930. The van der Waals surface area contributed by atoms with E-state index in [-0.39, 0.29) is 5.41 Å². The van der Waals surface area contributed by atoms with Gasteiger partial charge in [0.25, 0.3) is 0 Å². The lowest BCUT2D eigenvalue weighted by molar-refractivity contribution is 0.264. The maximum atomic E-state index is 9.02. The Morgan fingerprint density at radius 2 is 2.24 bits per heavy atom. The van der Waals surface area contributed by atoms with Gasteiger partial charge in [0.15, 0.2) is 0 Å². The van der Waals surface area contributed by atoms with Gasteiger partial charge in [-0.2, -0.15) is 5.26 Å². The lowest BCUT2D eigenvalue weighted by Crippen LogP contribution is -2.24. The normalized spacial score (nSPS) is 17.9. The highest BCUT2D eigenvalue weighted by atomic mass is 16.5. The Kier molecular flexibility index (Phi) is 5.25. The van der Waals surface area contributed by atoms with Gasteiger partial charge < -0.3 is 10.1 Å². The number of nitrogens with zero attached hydrogens (tertiary/aromatic N) is 1. The van der Waals surface area contributed by atoms with Crippen LogP contribution in [0.3, 0.4) is 0 Å². The molecule has 3 nitrogen and oxygen atoms in total. The first-order chi connectivity index (χ1) is 10.1. The smallest absolute Gasteiger partial charge is 0.119 e. The summed E-state index contributed by atoms with van der Waals surface area (Å²) in [6.07, 6.45) is 4.34. The lowest BCUT2D eigenvalue weighted by atomic mass is 9.87. The minimum absolute atomic E-state index is 0.315. The molecule has 1 aromatic carbocycles. The quantitative estimate of drug-likeness (QED) is 0.860. The van der Waals surface area contributed by atoms with Crippen molar-refractivity contribution in [1.82, 2.24) is 5.32 Å². The van der Waals surface area contributed by atoms with E-state index in [1.807, 2.05) is 13.8 Å². The molecular formula is C18H26N2O. The zero-order valence-corrected chi connectivity index (χ0v) is 13.4. The molecule has 1 aromatic rings. The molecule has 0 radical (unpaired) electrons. The molecule has 1 aliphatic rings. The van der Waals surface area contributed by atoms with Gasteiger partial charge in [-0.1, -0.05) is 13.0 Å². The van der Waals surface area contributed by atoms with Crippen LogP contribution in [0.5, 0.6) is 5.75 Å². The monoisotopic (exact) mass is 286 g/mol. The Labute approximate surface area is 128 Å². The molecule has 0 spiro atoms. The highest BCUT2D eigenvalue weighted by Crippen LogP contribution is 2.32. The molecule has 0 aliphatic heterocycles. The number of ether oxygens (including phenoxy) is 1. The molecule has 3 heteroatoms. The van der Waals surface area contributed by atoms with E-state index in [1.165, 1.54) is 24.0 Å². The molecule has 0 saturated carbocycles. The summed E-state index contributed by atoms with van der Waals surface area (Å²) >= 11 is 0. The zero-order chi connectivity index (χ0) is 15.3. The van der Waals surface area contributed by atoms with Crippen molar-refractivity contribution in [1.29, 1.82) is 5.26 Å². The van der Waals surface area contributed by atoms with Gasteiger partial charge in [0.05, 0.1) is 18.1 Å². The molecule has 0 bridgehead atoms. The van der Waals surface area contributed by atoms with Crippen LogP contribution >= 0.6 is 0 Å². The van der Waals surface area contributed by atoms with E-state index in [9.17, 15) is 0 Å². The molecular weight excluding hydrogens is 260 g/mol. The number of aryl methyl sites for hydroxylation is 1. The Morgan fingerprint density at radius 3 is 2.95 bits per heavy atom. The SMILES string of the molecule is CCNC1CCCc2cc(OCCC(C)(C)C#N)ccc21. The minimum atomic E-state index is -0.315. The van der Waals surface area contributed by atoms with Gasteiger partial charge in [-0.15, -0.1) is 0 Å². The number of nitrogens with one attached hydrogen (secondary N) is 1. The fraction of sp³-hybridized carbons (Fsp3) is 0.611. The van der Waals surface area contributed by atoms with E-state index >= 15 is 0 Å². The van der Waals surface area contributed by atoms with Crippen molar-refractivity contribution in [3.63, 3.8) is 0 Å². The number of hydrogen-bond donors (Lipinski definition) is 1. The predicted octanol–water partition coefficient (Wildman–Crippen LogP) is 3.99. The minimum Gasteiger partial charge on any atom is -0.494 e. The van der Waals surface area contributed by atoms with Crippen LogP contribution in [0.15, 0.2) is 18.2 Å². The Bertz CT molecular complexity index is 516. The fourth-order valence-corrected chi connectivity index (χ4v) is 2.82. The third kappa shape index (κ3) is 4.22. The molecule has 2 rings (SSSR count). The van der Waals surface area contributed by atoms with Crippen LogP contribution < -0.4 is 10.1 Å². The second-order valence-corrected chi connectivity index (χ2v) is 6.46. The van der Waals surface area contributed by atoms with Gasteiger partial charge in [0, 0.05) is 6.04 Å². The average Bonchev–Trinajstić information content (AvgIpc) is 2.47. The zero-order valence-electron chi connectivity index (χ0n) is 13.4. The third-order valence-corrected chi connectivity index (χ3v) is 4.18. The maximum Gasteiger partial charge on any atom is 0.119 e. The van der Waals surface area contributed by atoms with Gasteiger partial charge in [0.2, 0.25) is 0 Å². The first-order valence-electron chi connectivity index (χ1n) is 7.96. The largest absolute Gasteiger partial charge is 0.494 e. The van der Waals surface area contributed by atoms with Crippen molar-refractivity contribution in [2.24, 2.45) is 5.41 Å². The van der Waals surface area contributed by atoms with E-state index in [4.69, 9.17) is 10.00 Å². The summed E-state index contributed by atoms with van der Waals surface area (Å²) in [6.45, 7) is 7.65. The van der Waals surface area contributed by atoms with Crippen LogP contribution in [0.4, 0.5) is 0 Å². The van der Waals surface area contributed by atoms with E-state index in [2.05, 4.69) is 36.5 Å². The number of nitriles is 1. The predicted molar refractivity (Wildman–Crippen MR) is 85.3 cm³/mol. The topological polar surface area (TPSA) is 45.0 Å². The van der Waals surface area contributed by atoms with Crippen molar-refractivity contribution >= 4 is 0 Å². The molecule has 114 valence electrons. The van der Waals surface area contributed by atoms with Gasteiger partial charge in [-0.3, -0.25) is 0 Å². The van der Waals surface area contributed by atoms with Crippen molar-refractivity contribution < 1.29 is 4.74 Å². The van der Waals surface area contributed by atoms with Crippen LogP contribution in [-0.2, 0) is 6.42 Å². The van der Waals surface area contributed by atoms with Gasteiger partial charge in [-0.25, -0.2) is 0 Å². The first-order valence-corrected chi connectivity index (χ1v) is 7.96. The van der Waals surface area contributed by atoms with E-state index in [0.29, 0.717) is 12.6 Å². The second kappa shape index (κ2) is 6.95. The highest BCUT2D eigenvalue weighted by molar-refractivity contribution is 5.39. The first kappa shape index (κ1) is 15.9. The average molecular weight is 286 g/mol. The highest BCUT2D eigenvalue weighted by Gasteiger charge is 2.20. The van der Waals surface area contributed by atoms with Crippen molar-refractivity contribution in [3.05, 3.63) is 29.3 Å². The van der Waals surface area contributed by atoms with Crippen molar-refractivity contribution in [2.45, 2.75) is 52.5 Å². The number of fused-ring (bicyclic) bond motifs is 1. The van der Waals surface area contributed by atoms with Crippen LogP contribution in [0.1, 0.15) is 57.2 Å². The van der Waals surface area contributed by atoms with Crippen LogP contribution in [0.25, 0.3) is 0 Å². The summed E-state index contributed by atoms with van der Waals surface area (Å²) < 4.78 is 5.83. The molecule has 0 fully saturated rings. The van der Waals surface area contributed by atoms with E-state index < -0.39 is 0 Å². The number of rotatable bonds is 6. The van der Waals surface area contributed by atoms with Crippen molar-refractivity contribution in [2.75, 3.05) is 13.2 Å². The summed E-state index contributed by atoms with van der Waals surface area (Å²) in [5.41, 5.74) is 2.52. The molecule has 0 amide bonds. The second-order valence-electron chi connectivity index (χ2n) is 6.46. The van der Waals surface area contributed by atoms with Crippen LogP contribution in [0, 0.1) is 16.7 Å². The summed E-state index contributed by atoms with van der Waals surface area (Å²) in [5, 5.41) is 12.6. The summed E-state index contributed by atoms with van der Waals surface area (Å²) in [7, 11) is 0. The lowest BCUT2D eigenvalue weighted by Gasteiger charge is -2.26. The van der Waals surface area contributed by atoms with Crippen LogP contribution in [0.2, 0.25) is 0 Å². The fourth-order valence-electron chi connectivity index (χ4n) is 2.82. The maximum absolute atomic E-state index is 9.02. The summed E-state index contributed by atoms with van der Waals surface area (Å²) in [4.78, 5) is 0. The summed E-state index contributed by atoms with van der Waals surface area (Å²) in [6, 6.07) is 9.24. The van der Waals surface area contributed by atoms with Gasteiger partial charge >= 0.3 is 0 Å². The standard InChI is InChI=1S/C18H26N2O/c1-4-20-17-7-5-6-14-12-15(8-9-16(14)17)21-11-10-18(2,3)13-19/h8-9,12,17,20H,4-7,10-11H2,1-3H3. The molecule has 1 unspecified atom stereocenters.